The number of hydrogen-bond acceptors (Lipinski definition) is 2. The lowest BCUT2D eigenvalue weighted by Gasteiger charge is -2.08. The van der Waals surface area contributed by atoms with Crippen LogP contribution in [-0.4, -0.2) is 16.7 Å². The quantitative estimate of drug-likeness (QED) is 0.498. The zero-order valence-electron chi connectivity index (χ0n) is 13.7. The first-order valence-corrected chi connectivity index (χ1v) is 8.16. The number of halogens is 4. The molecule has 138 valence electrons. The second-order valence-electron chi connectivity index (χ2n) is 5.56. The number of nitrogens with one attached hydrogen (secondary N) is 1. The number of hydrogen-bond donors (Lipinski definition) is 1. The molecule has 3 aromatic rings. The summed E-state index contributed by atoms with van der Waals surface area (Å²) in [6, 6.07) is 14.8. The van der Waals surface area contributed by atoms with Gasteiger partial charge in [-0.25, -0.2) is 5.43 Å². The molecule has 0 unspecified atom stereocenters. The van der Waals surface area contributed by atoms with Crippen molar-refractivity contribution in [2.24, 2.45) is 5.10 Å². The lowest BCUT2D eigenvalue weighted by molar-refractivity contribution is -0.137. The number of hydrazone groups is 1. The molecule has 8 heteroatoms. The fraction of sp³-hybridized carbons (Fsp3) is 0.0526. The van der Waals surface area contributed by atoms with Gasteiger partial charge in [-0.1, -0.05) is 17.7 Å². The van der Waals surface area contributed by atoms with Gasteiger partial charge in [0, 0.05) is 22.5 Å². The lowest BCUT2D eigenvalue weighted by atomic mass is 10.1. The van der Waals surface area contributed by atoms with Crippen LogP contribution in [0.25, 0.3) is 5.69 Å². The molecular formula is C19H13ClF3N3O. The molecule has 1 N–H and O–H groups in total. The molecule has 1 aromatic heterocycles. The van der Waals surface area contributed by atoms with Gasteiger partial charge in [-0.2, -0.15) is 18.3 Å². The van der Waals surface area contributed by atoms with Crippen molar-refractivity contribution in [2.75, 3.05) is 0 Å². The molecule has 1 heterocycles. The third-order valence-corrected chi connectivity index (χ3v) is 3.95. The van der Waals surface area contributed by atoms with Crippen LogP contribution < -0.4 is 5.43 Å². The van der Waals surface area contributed by atoms with Crippen LogP contribution in [0.5, 0.6) is 0 Å². The van der Waals surface area contributed by atoms with E-state index in [2.05, 4.69) is 10.5 Å². The third-order valence-electron chi connectivity index (χ3n) is 3.70. The molecule has 27 heavy (non-hydrogen) atoms. The first-order chi connectivity index (χ1) is 12.8. The van der Waals surface area contributed by atoms with E-state index in [-0.39, 0.29) is 5.56 Å². The molecule has 2 aromatic carbocycles. The van der Waals surface area contributed by atoms with E-state index < -0.39 is 17.6 Å². The number of rotatable bonds is 4. The summed E-state index contributed by atoms with van der Waals surface area (Å²) in [6.07, 6.45) is -1.31. The highest BCUT2D eigenvalue weighted by atomic mass is 35.5. The van der Waals surface area contributed by atoms with Crippen molar-refractivity contribution in [3.05, 3.63) is 88.7 Å². The third kappa shape index (κ3) is 4.57. The van der Waals surface area contributed by atoms with Crippen molar-refractivity contribution < 1.29 is 18.0 Å². The minimum Gasteiger partial charge on any atom is -0.316 e. The molecule has 0 aliphatic carbocycles. The van der Waals surface area contributed by atoms with Gasteiger partial charge in [-0.05, 0) is 54.6 Å². The molecule has 0 bridgehead atoms. The van der Waals surface area contributed by atoms with E-state index >= 15 is 0 Å². The summed E-state index contributed by atoms with van der Waals surface area (Å²) in [7, 11) is 0. The summed E-state index contributed by atoms with van der Waals surface area (Å²) >= 11 is 5.88. The van der Waals surface area contributed by atoms with E-state index in [1.165, 1.54) is 18.3 Å². The summed E-state index contributed by atoms with van der Waals surface area (Å²) in [5, 5.41) is 4.44. The Bertz CT molecular complexity index is 978. The number of aromatic nitrogens is 1. The van der Waals surface area contributed by atoms with Crippen molar-refractivity contribution in [2.45, 2.75) is 6.18 Å². The molecule has 0 aliphatic heterocycles. The van der Waals surface area contributed by atoms with Crippen LogP contribution in [0.4, 0.5) is 13.2 Å². The molecule has 0 fully saturated rings. The van der Waals surface area contributed by atoms with E-state index in [4.69, 9.17) is 11.6 Å². The molecule has 0 radical (unpaired) electrons. The first-order valence-electron chi connectivity index (χ1n) is 7.78. The molecule has 3 rings (SSSR count). The highest BCUT2D eigenvalue weighted by Gasteiger charge is 2.30. The van der Waals surface area contributed by atoms with Gasteiger partial charge < -0.3 is 4.57 Å². The highest BCUT2D eigenvalue weighted by Crippen LogP contribution is 2.29. The van der Waals surface area contributed by atoms with Crippen LogP contribution in [0.1, 0.15) is 21.6 Å². The Balaban J connectivity index is 1.73. The average Bonchev–Trinajstić information content (AvgIpc) is 3.10. The Morgan fingerprint density at radius 2 is 1.81 bits per heavy atom. The second-order valence-corrected chi connectivity index (χ2v) is 5.99. The van der Waals surface area contributed by atoms with Crippen LogP contribution in [0, 0.1) is 0 Å². The maximum absolute atomic E-state index is 12.7. The van der Waals surface area contributed by atoms with Crippen molar-refractivity contribution in [1.82, 2.24) is 9.99 Å². The number of alkyl halides is 3. The highest BCUT2D eigenvalue weighted by molar-refractivity contribution is 6.30. The van der Waals surface area contributed by atoms with Crippen LogP contribution in [0.2, 0.25) is 5.02 Å². The van der Waals surface area contributed by atoms with E-state index in [1.807, 2.05) is 16.7 Å². The maximum Gasteiger partial charge on any atom is 0.416 e. The largest absolute Gasteiger partial charge is 0.416 e. The van der Waals surface area contributed by atoms with Crippen LogP contribution in [-0.2, 0) is 6.18 Å². The van der Waals surface area contributed by atoms with Gasteiger partial charge in [0.05, 0.1) is 17.5 Å². The van der Waals surface area contributed by atoms with Gasteiger partial charge >= 0.3 is 6.18 Å². The van der Waals surface area contributed by atoms with Gasteiger partial charge in [0.15, 0.2) is 0 Å². The smallest absolute Gasteiger partial charge is 0.316 e. The minimum absolute atomic E-state index is 0.130. The fourth-order valence-corrected chi connectivity index (χ4v) is 2.52. The van der Waals surface area contributed by atoms with E-state index in [1.54, 1.807) is 30.5 Å². The van der Waals surface area contributed by atoms with Crippen LogP contribution >= 0.6 is 11.6 Å². The second kappa shape index (κ2) is 7.67. The van der Waals surface area contributed by atoms with Crippen molar-refractivity contribution in [1.29, 1.82) is 0 Å². The number of benzene rings is 2. The van der Waals surface area contributed by atoms with Crippen molar-refractivity contribution in [3.63, 3.8) is 0 Å². The predicted molar refractivity (Wildman–Crippen MR) is 97.3 cm³/mol. The van der Waals surface area contributed by atoms with Crippen molar-refractivity contribution >= 4 is 23.7 Å². The van der Waals surface area contributed by atoms with Gasteiger partial charge in [0.1, 0.15) is 0 Å². The van der Waals surface area contributed by atoms with Gasteiger partial charge in [0.25, 0.3) is 5.91 Å². The normalized spacial score (nSPS) is 11.7. The average molecular weight is 392 g/mol. The summed E-state index contributed by atoms with van der Waals surface area (Å²) in [6.45, 7) is 0. The number of carbonyl (C=O) groups excluding carboxylic acids is 1. The molecule has 0 atom stereocenters. The fourth-order valence-electron chi connectivity index (χ4n) is 2.39. The first kappa shape index (κ1) is 18.7. The molecule has 0 saturated carbocycles. The molecule has 0 saturated heterocycles. The Labute approximate surface area is 157 Å². The van der Waals surface area contributed by atoms with Crippen LogP contribution in [0.3, 0.4) is 0 Å². The summed E-state index contributed by atoms with van der Waals surface area (Å²) < 4.78 is 40.0. The monoisotopic (exact) mass is 391 g/mol. The number of carbonyl (C=O) groups is 1. The summed E-state index contributed by atoms with van der Waals surface area (Å²) in [5.74, 6) is -0.734. The standard InChI is InChI=1S/C19H13ClF3N3O/c20-15-6-8-16(9-7-15)26-10-2-5-17(26)12-24-25-18(27)13-3-1-4-14(11-13)19(21,22)23/h1-12H,(H,25,27)/b24-12-. The minimum atomic E-state index is -4.51. The molecule has 0 aliphatic rings. The topological polar surface area (TPSA) is 46.4 Å². The summed E-state index contributed by atoms with van der Waals surface area (Å²) in [5.41, 5.74) is 2.72. The Morgan fingerprint density at radius 1 is 1.07 bits per heavy atom. The molecule has 0 spiro atoms. The number of nitrogens with zero attached hydrogens (tertiary/aromatic N) is 2. The molecule has 4 nitrogen and oxygen atoms in total. The molecular weight excluding hydrogens is 379 g/mol. The van der Waals surface area contributed by atoms with Crippen molar-refractivity contribution in [3.8, 4) is 5.69 Å². The zero-order valence-corrected chi connectivity index (χ0v) is 14.5. The van der Waals surface area contributed by atoms with Gasteiger partial charge in [-0.3, -0.25) is 4.79 Å². The summed E-state index contributed by atoms with van der Waals surface area (Å²) in [4.78, 5) is 12.0. The zero-order chi connectivity index (χ0) is 19.4. The van der Waals surface area contributed by atoms with E-state index in [9.17, 15) is 18.0 Å². The number of amides is 1. The van der Waals surface area contributed by atoms with Gasteiger partial charge in [0.2, 0.25) is 0 Å². The van der Waals surface area contributed by atoms with E-state index in [0.29, 0.717) is 10.7 Å². The Hall–Kier alpha value is -3.06. The van der Waals surface area contributed by atoms with Crippen LogP contribution in [0.15, 0.2) is 72.0 Å². The van der Waals surface area contributed by atoms with E-state index in [0.717, 1.165) is 17.8 Å². The lowest BCUT2D eigenvalue weighted by Crippen LogP contribution is -2.18. The maximum atomic E-state index is 12.7. The van der Waals surface area contributed by atoms with Gasteiger partial charge in [-0.15, -0.1) is 0 Å². The predicted octanol–water partition coefficient (Wildman–Crippen LogP) is 4.91. The SMILES string of the molecule is O=C(N/N=C\c1cccn1-c1ccc(Cl)cc1)c1cccc(C(F)(F)F)c1. The molecule has 1 amide bonds. The Kier molecular flexibility index (Phi) is 5.32. The Morgan fingerprint density at radius 3 is 2.52 bits per heavy atom.